The summed E-state index contributed by atoms with van der Waals surface area (Å²) in [5, 5.41) is 3.19. The summed E-state index contributed by atoms with van der Waals surface area (Å²) in [5.74, 6) is 0.554. The molecule has 2 aliphatic carbocycles. The van der Waals surface area contributed by atoms with E-state index in [0.717, 1.165) is 24.3 Å². The Morgan fingerprint density at radius 1 is 1.24 bits per heavy atom. The summed E-state index contributed by atoms with van der Waals surface area (Å²) < 4.78 is 2.33. The molecule has 1 amide bonds. The lowest BCUT2D eigenvalue weighted by atomic mass is 10.1. The molecule has 0 radical (unpaired) electrons. The zero-order valence-electron chi connectivity index (χ0n) is 14.7. The Kier molecular flexibility index (Phi) is 4.63. The average Bonchev–Trinajstić information content (AvgIpc) is 3.37. The Balaban J connectivity index is 1.62. The summed E-state index contributed by atoms with van der Waals surface area (Å²) in [6.07, 6.45) is 11.0. The van der Waals surface area contributed by atoms with Gasteiger partial charge in [0.15, 0.2) is 0 Å². The maximum atomic E-state index is 12.9. The van der Waals surface area contributed by atoms with E-state index in [1.165, 1.54) is 49.9 Å². The molecule has 25 heavy (non-hydrogen) atoms. The van der Waals surface area contributed by atoms with Gasteiger partial charge in [-0.05, 0) is 38.5 Å². The van der Waals surface area contributed by atoms with E-state index in [0.29, 0.717) is 21.7 Å². The highest BCUT2D eigenvalue weighted by molar-refractivity contribution is 7.19. The minimum absolute atomic E-state index is 0.00137. The van der Waals surface area contributed by atoms with Crippen LogP contribution >= 0.6 is 11.3 Å². The molecule has 2 aromatic rings. The Labute approximate surface area is 151 Å². The number of nitrogens with one attached hydrogen (secondary N) is 1. The fourth-order valence-electron chi connectivity index (χ4n) is 3.77. The van der Waals surface area contributed by atoms with E-state index in [-0.39, 0.29) is 17.5 Å². The molecule has 1 N–H and O–H groups in total. The van der Waals surface area contributed by atoms with Crippen LogP contribution in [0, 0.1) is 12.8 Å². The van der Waals surface area contributed by atoms with Crippen LogP contribution in [0.3, 0.4) is 0 Å². The van der Waals surface area contributed by atoms with Crippen LogP contribution in [0.2, 0.25) is 0 Å². The molecule has 6 heteroatoms. The van der Waals surface area contributed by atoms with Gasteiger partial charge in [0, 0.05) is 17.5 Å². The van der Waals surface area contributed by atoms with Crippen molar-refractivity contribution >= 4 is 27.5 Å². The van der Waals surface area contributed by atoms with Crippen molar-refractivity contribution in [3.8, 4) is 0 Å². The molecule has 0 atom stereocenters. The van der Waals surface area contributed by atoms with Gasteiger partial charge in [0.2, 0.25) is 0 Å². The van der Waals surface area contributed by atoms with Gasteiger partial charge in [0.1, 0.15) is 10.2 Å². The second-order valence-corrected chi connectivity index (χ2v) is 8.74. The van der Waals surface area contributed by atoms with E-state index in [9.17, 15) is 9.59 Å². The van der Waals surface area contributed by atoms with E-state index in [4.69, 9.17) is 0 Å². The van der Waals surface area contributed by atoms with Crippen molar-refractivity contribution in [3.63, 3.8) is 0 Å². The van der Waals surface area contributed by atoms with Gasteiger partial charge in [-0.1, -0.05) is 25.7 Å². The number of hydrogen-bond acceptors (Lipinski definition) is 4. The van der Waals surface area contributed by atoms with Gasteiger partial charge in [-0.25, -0.2) is 4.98 Å². The zero-order valence-corrected chi connectivity index (χ0v) is 15.5. The Morgan fingerprint density at radius 2 is 1.96 bits per heavy atom. The minimum Gasteiger partial charge on any atom is -0.349 e. The number of aromatic nitrogens is 2. The number of thiophene rings is 1. The third kappa shape index (κ3) is 3.50. The maximum Gasteiger partial charge on any atom is 0.271 e. The predicted molar refractivity (Wildman–Crippen MR) is 100 cm³/mol. The molecule has 2 saturated carbocycles. The fourth-order valence-corrected chi connectivity index (χ4v) is 4.82. The highest BCUT2D eigenvalue weighted by Gasteiger charge is 2.25. The molecule has 2 aliphatic rings. The lowest BCUT2D eigenvalue weighted by Crippen LogP contribution is -2.34. The number of fused-ring (bicyclic) bond motifs is 1. The fraction of sp³-hybridized carbons (Fsp3) is 0.632. The van der Waals surface area contributed by atoms with Gasteiger partial charge in [0.25, 0.3) is 11.5 Å². The molecule has 134 valence electrons. The van der Waals surface area contributed by atoms with Crippen LogP contribution in [0.1, 0.15) is 66.6 Å². The summed E-state index contributed by atoms with van der Waals surface area (Å²) in [5.41, 5.74) is 1.17. The normalized spacial score (nSPS) is 19.1. The smallest absolute Gasteiger partial charge is 0.271 e. The predicted octanol–water partition coefficient (Wildman–Crippen LogP) is 3.63. The zero-order chi connectivity index (χ0) is 17.4. The number of amides is 1. The maximum absolute atomic E-state index is 12.9. The van der Waals surface area contributed by atoms with Gasteiger partial charge >= 0.3 is 0 Å². The second-order valence-electron chi connectivity index (χ2n) is 7.52. The summed E-state index contributed by atoms with van der Waals surface area (Å²) >= 11 is 1.40. The van der Waals surface area contributed by atoms with Gasteiger partial charge < -0.3 is 5.32 Å². The largest absolute Gasteiger partial charge is 0.349 e. The van der Waals surface area contributed by atoms with Crippen LogP contribution in [-0.2, 0) is 6.54 Å². The van der Waals surface area contributed by atoms with Crippen molar-refractivity contribution < 1.29 is 4.79 Å². The van der Waals surface area contributed by atoms with Crippen LogP contribution in [0.4, 0.5) is 0 Å². The van der Waals surface area contributed by atoms with E-state index in [2.05, 4.69) is 10.3 Å². The van der Waals surface area contributed by atoms with Crippen LogP contribution in [0.25, 0.3) is 10.2 Å². The standard InChI is InChI=1S/C19H25N3O2S/c1-12-15(18(23)21-14-6-4-2-3-5-7-14)16-17(25-12)19(24)22(11-20-16)10-13-8-9-13/h11,13-14H,2-10H2,1H3,(H,21,23). The van der Waals surface area contributed by atoms with Gasteiger partial charge in [0.05, 0.1) is 11.9 Å². The first-order valence-corrected chi connectivity index (χ1v) is 10.2. The lowest BCUT2D eigenvalue weighted by molar-refractivity contribution is 0.0934. The molecule has 0 aromatic carbocycles. The van der Waals surface area contributed by atoms with Gasteiger partial charge in [-0.3, -0.25) is 14.2 Å². The molecule has 0 aliphatic heterocycles. The molecule has 5 nitrogen and oxygen atoms in total. The number of aryl methyl sites for hydroxylation is 1. The molecule has 0 spiro atoms. The Morgan fingerprint density at radius 3 is 2.64 bits per heavy atom. The van der Waals surface area contributed by atoms with E-state index in [1.54, 1.807) is 10.9 Å². The monoisotopic (exact) mass is 359 g/mol. The third-order valence-electron chi connectivity index (χ3n) is 5.41. The molecule has 4 rings (SSSR count). The number of rotatable bonds is 4. The first kappa shape index (κ1) is 16.8. The van der Waals surface area contributed by atoms with Crippen LogP contribution in [0.15, 0.2) is 11.1 Å². The quantitative estimate of drug-likeness (QED) is 0.848. The molecule has 0 saturated heterocycles. The number of carbonyl (C=O) groups is 1. The molecule has 2 aromatic heterocycles. The minimum atomic E-state index is -0.0671. The second kappa shape index (κ2) is 6.90. The van der Waals surface area contributed by atoms with Crippen molar-refractivity contribution in [1.82, 2.24) is 14.9 Å². The topological polar surface area (TPSA) is 64.0 Å². The SMILES string of the molecule is Cc1sc2c(=O)n(CC3CC3)cnc2c1C(=O)NC1CCCCCC1. The van der Waals surface area contributed by atoms with Crippen molar-refractivity contribution in [2.75, 3.05) is 0 Å². The molecular formula is C19H25N3O2S. The van der Waals surface area contributed by atoms with E-state index < -0.39 is 0 Å². The van der Waals surface area contributed by atoms with Gasteiger partial charge in [-0.15, -0.1) is 11.3 Å². The number of carbonyl (C=O) groups excluding carboxylic acids is 1. The summed E-state index contributed by atoms with van der Waals surface area (Å²) in [6.45, 7) is 2.67. The lowest BCUT2D eigenvalue weighted by Gasteiger charge is -2.16. The Hall–Kier alpha value is -1.69. The van der Waals surface area contributed by atoms with E-state index >= 15 is 0 Å². The average molecular weight is 359 g/mol. The van der Waals surface area contributed by atoms with Crippen molar-refractivity contribution in [3.05, 3.63) is 27.1 Å². The first-order chi connectivity index (χ1) is 12.1. The summed E-state index contributed by atoms with van der Waals surface area (Å²) in [4.78, 5) is 30.9. The van der Waals surface area contributed by atoms with Crippen LogP contribution < -0.4 is 10.9 Å². The highest BCUT2D eigenvalue weighted by Crippen LogP contribution is 2.31. The van der Waals surface area contributed by atoms with Crippen molar-refractivity contribution in [1.29, 1.82) is 0 Å². The van der Waals surface area contributed by atoms with Crippen LogP contribution in [-0.4, -0.2) is 21.5 Å². The number of nitrogens with zero attached hydrogens (tertiary/aromatic N) is 2. The molecule has 0 unspecified atom stereocenters. The molecular weight excluding hydrogens is 334 g/mol. The first-order valence-electron chi connectivity index (χ1n) is 9.43. The summed E-state index contributed by atoms with van der Waals surface area (Å²) in [7, 11) is 0. The van der Waals surface area contributed by atoms with E-state index in [1.807, 2.05) is 6.92 Å². The highest BCUT2D eigenvalue weighted by atomic mass is 32.1. The molecule has 0 bridgehead atoms. The molecule has 2 heterocycles. The van der Waals surface area contributed by atoms with Crippen LogP contribution in [0.5, 0.6) is 0 Å². The summed E-state index contributed by atoms with van der Waals surface area (Å²) in [6, 6.07) is 0.250. The van der Waals surface area contributed by atoms with Crippen molar-refractivity contribution in [2.45, 2.75) is 70.9 Å². The van der Waals surface area contributed by atoms with Crippen molar-refractivity contribution in [2.24, 2.45) is 5.92 Å². The molecule has 2 fully saturated rings. The van der Waals surface area contributed by atoms with Gasteiger partial charge in [-0.2, -0.15) is 0 Å². The Bertz CT molecular complexity index is 842. The third-order valence-corrected chi connectivity index (χ3v) is 6.49. The number of hydrogen-bond donors (Lipinski definition) is 1.